The summed E-state index contributed by atoms with van der Waals surface area (Å²) >= 11 is 0. The molecular weight excluding hydrogens is 340 g/mol. The van der Waals surface area contributed by atoms with Gasteiger partial charge in [-0.15, -0.1) is 0 Å². The monoisotopic (exact) mass is 374 g/mol. The largest absolute Gasteiger partial charge is 0.478 e. The van der Waals surface area contributed by atoms with E-state index in [1.807, 2.05) is 18.1 Å². The number of benzene rings is 1. The zero-order valence-corrected chi connectivity index (χ0v) is 16.7. The minimum atomic E-state index is -1.01. The third-order valence-corrected chi connectivity index (χ3v) is 5.21. The Labute approximate surface area is 163 Å². The van der Waals surface area contributed by atoms with Gasteiger partial charge >= 0.3 is 5.97 Å². The molecule has 1 heterocycles. The van der Waals surface area contributed by atoms with Crippen LogP contribution < -0.4 is 0 Å². The average Bonchev–Trinajstić information content (AvgIpc) is 3.03. The number of hydrogen-bond acceptors (Lipinski definition) is 4. The summed E-state index contributed by atoms with van der Waals surface area (Å²) in [7, 11) is 1.94. The Morgan fingerprint density at radius 1 is 1.07 bits per heavy atom. The van der Waals surface area contributed by atoms with Crippen LogP contribution in [0.2, 0.25) is 0 Å². The van der Waals surface area contributed by atoms with E-state index in [-0.39, 0.29) is 5.56 Å². The van der Waals surface area contributed by atoms with Crippen molar-refractivity contribution in [1.29, 1.82) is 0 Å². The van der Waals surface area contributed by atoms with Crippen molar-refractivity contribution in [2.75, 3.05) is 20.3 Å². The first-order chi connectivity index (χ1) is 13.0. The molecule has 5 heteroatoms. The van der Waals surface area contributed by atoms with Crippen molar-refractivity contribution in [1.82, 2.24) is 9.80 Å². The molecule has 0 fully saturated rings. The number of carboxylic acid groups (broad SMARTS) is 1. The molecule has 1 aromatic carbocycles. The fraction of sp³-hybridized carbons (Fsp3) is 0.591. The van der Waals surface area contributed by atoms with Crippen molar-refractivity contribution in [3.8, 4) is 0 Å². The fourth-order valence-corrected chi connectivity index (χ4v) is 3.63. The molecule has 1 unspecified atom stereocenters. The van der Waals surface area contributed by atoms with Crippen LogP contribution in [0.4, 0.5) is 0 Å². The maximum Gasteiger partial charge on any atom is 0.336 e. The van der Waals surface area contributed by atoms with Gasteiger partial charge in [-0.05, 0) is 12.5 Å². The smallest absolute Gasteiger partial charge is 0.336 e. The SMILES string of the molecule is CCCCCCCCCCN1C=C(C(O)c2ccccc2C(=O)O)N(C)C1. The number of hydrogen-bond donors (Lipinski definition) is 2. The first-order valence-electron chi connectivity index (χ1n) is 10.2. The van der Waals surface area contributed by atoms with E-state index in [1.165, 1.54) is 51.0 Å². The highest BCUT2D eigenvalue weighted by molar-refractivity contribution is 5.89. The number of nitrogens with zero attached hydrogens (tertiary/aromatic N) is 2. The number of carboxylic acids is 1. The van der Waals surface area contributed by atoms with Gasteiger partial charge in [-0.1, -0.05) is 70.1 Å². The summed E-state index contributed by atoms with van der Waals surface area (Å²) in [6, 6.07) is 6.67. The third-order valence-electron chi connectivity index (χ3n) is 5.21. The molecule has 0 radical (unpaired) electrons. The molecule has 0 bridgehead atoms. The normalized spacial score (nSPS) is 15.1. The Morgan fingerprint density at radius 3 is 2.37 bits per heavy atom. The quantitative estimate of drug-likeness (QED) is 0.523. The standard InChI is InChI=1S/C22H34N2O3/c1-3-4-5-6-7-8-9-12-15-24-16-20(23(2)17-24)21(25)18-13-10-11-14-19(18)22(26)27/h10-11,13-14,16,21,25H,3-9,12,15,17H2,1-2H3,(H,26,27). The van der Waals surface area contributed by atoms with Gasteiger partial charge in [0.2, 0.25) is 0 Å². The van der Waals surface area contributed by atoms with Crippen LogP contribution in [0.25, 0.3) is 0 Å². The van der Waals surface area contributed by atoms with Gasteiger partial charge in [0.05, 0.1) is 17.9 Å². The molecule has 0 aliphatic carbocycles. The van der Waals surface area contributed by atoms with E-state index in [0.29, 0.717) is 5.56 Å². The molecule has 0 aromatic heterocycles. The average molecular weight is 375 g/mol. The van der Waals surface area contributed by atoms with E-state index in [1.54, 1.807) is 18.2 Å². The Morgan fingerprint density at radius 2 is 1.70 bits per heavy atom. The summed E-state index contributed by atoms with van der Waals surface area (Å²) in [4.78, 5) is 15.6. The Kier molecular flexibility index (Phi) is 8.65. The number of unbranched alkanes of at least 4 members (excludes halogenated alkanes) is 7. The predicted molar refractivity (Wildman–Crippen MR) is 108 cm³/mol. The molecule has 150 valence electrons. The van der Waals surface area contributed by atoms with E-state index in [4.69, 9.17) is 0 Å². The topological polar surface area (TPSA) is 64.0 Å². The summed E-state index contributed by atoms with van der Waals surface area (Å²) in [6.07, 6.45) is 11.4. The minimum Gasteiger partial charge on any atom is -0.478 e. The molecule has 2 rings (SSSR count). The fourth-order valence-electron chi connectivity index (χ4n) is 3.63. The highest BCUT2D eigenvalue weighted by Crippen LogP contribution is 2.30. The van der Waals surface area contributed by atoms with Gasteiger partial charge in [0, 0.05) is 25.4 Å². The summed E-state index contributed by atoms with van der Waals surface area (Å²) in [6.45, 7) is 3.94. The number of aliphatic hydroxyl groups excluding tert-OH is 1. The van der Waals surface area contributed by atoms with Gasteiger partial charge in [-0.25, -0.2) is 4.79 Å². The molecule has 1 atom stereocenters. The second kappa shape index (κ2) is 11.0. The summed E-state index contributed by atoms with van der Waals surface area (Å²) in [5, 5.41) is 20.1. The number of carbonyl (C=O) groups is 1. The Bertz CT molecular complexity index is 630. The highest BCUT2D eigenvalue weighted by atomic mass is 16.4. The van der Waals surface area contributed by atoms with Crippen molar-refractivity contribution in [3.63, 3.8) is 0 Å². The van der Waals surface area contributed by atoms with E-state index in [2.05, 4.69) is 11.8 Å². The van der Waals surface area contributed by atoms with Crippen LogP contribution in [0.3, 0.4) is 0 Å². The number of rotatable bonds is 12. The van der Waals surface area contributed by atoms with Crippen molar-refractivity contribution < 1.29 is 15.0 Å². The zero-order chi connectivity index (χ0) is 19.6. The Balaban J connectivity index is 1.83. The number of aliphatic hydroxyl groups is 1. The van der Waals surface area contributed by atoms with E-state index < -0.39 is 12.1 Å². The first kappa shape index (κ1) is 21.3. The Hall–Kier alpha value is -2.01. The highest BCUT2D eigenvalue weighted by Gasteiger charge is 2.27. The molecule has 27 heavy (non-hydrogen) atoms. The van der Waals surface area contributed by atoms with E-state index >= 15 is 0 Å². The maximum atomic E-state index is 11.4. The van der Waals surface area contributed by atoms with Crippen LogP contribution >= 0.6 is 0 Å². The molecule has 1 aliphatic rings. The van der Waals surface area contributed by atoms with Crippen LogP contribution in [0.1, 0.15) is 80.3 Å². The molecule has 0 spiro atoms. The van der Waals surface area contributed by atoms with Gasteiger partial charge in [0.15, 0.2) is 0 Å². The lowest BCUT2D eigenvalue weighted by molar-refractivity contribution is 0.0690. The lowest BCUT2D eigenvalue weighted by atomic mass is 10.0. The molecule has 5 nitrogen and oxygen atoms in total. The van der Waals surface area contributed by atoms with Crippen LogP contribution in [-0.4, -0.2) is 46.2 Å². The molecule has 0 saturated heterocycles. The number of aromatic carboxylic acids is 1. The summed E-state index contributed by atoms with van der Waals surface area (Å²) < 4.78 is 0. The van der Waals surface area contributed by atoms with Crippen molar-refractivity contribution in [3.05, 3.63) is 47.3 Å². The zero-order valence-electron chi connectivity index (χ0n) is 16.7. The van der Waals surface area contributed by atoms with Gasteiger partial charge in [0.1, 0.15) is 6.10 Å². The predicted octanol–water partition coefficient (Wildman–Crippen LogP) is 4.61. The molecule has 1 aromatic rings. The third kappa shape index (κ3) is 6.28. The van der Waals surface area contributed by atoms with Crippen molar-refractivity contribution in [2.24, 2.45) is 0 Å². The molecule has 0 amide bonds. The second-order valence-corrected chi connectivity index (χ2v) is 7.48. The summed E-state index contributed by atoms with van der Waals surface area (Å²) in [5.41, 5.74) is 1.35. The molecule has 1 aliphatic heterocycles. The van der Waals surface area contributed by atoms with Gasteiger partial charge in [-0.2, -0.15) is 0 Å². The van der Waals surface area contributed by atoms with Crippen LogP contribution in [0, 0.1) is 0 Å². The van der Waals surface area contributed by atoms with Crippen molar-refractivity contribution >= 4 is 5.97 Å². The molecule has 2 N–H and O–H groups in total. The first-order valence-corrected chi connectivity index (χ1v) is 10.2. The van der Waals surface area contributed by atoms with Crippen LogP contribution in [0.15, 0.2) is 36.2 Å². The summed E-state index contributed by atoms with van der Waals surface area (Å²) in [5.74, 6) is -1.01. The van der Waals surface area contributed by atoms with Gasteiger partial charge in [-0.3, -0.25) is 0 Å². The lowest BCUT2D eigenvalue weighted by Crippen LogP contribution is -2.26. The molecule has 0 saturated carbocycles. The van der Waals surface area contributed by atoms with Gasteiger partial charge in [0.25, 0.3) is 0 Å². The lowest BCUT2D eigenvalue weighted by Gasteiger charge is -2.22. The maximum absolute atomic E-state index is 11.4. The van der Waals surface area contributed by atoms with E-state index in [9.17, 15) is 15.0 Å². The van der Waals surface area contributed by atoms with Crippen LogP contribution in [-0.2, 0) is 0 Å². The number of likely N-dealkylation sites (N-methyl/N-ethyl adjacent to an activating group) is 1. The van der Waals surface area contributed by atoms with Crippen molar-refractivity contribution in [2.45, 2.75) is 64.4 Å². The minimum absolute atomic E-state index is 0.154. The molecular formula is C22H34N2O3. The van der Waals surface area contributed by atoms with Crippen LogP contribution in [0.5, 0.6) is 0 Å². The second-order valence-electron chi connectivity index (χ2n) is 7.48. The van der Waals surface area contributed by atoms with E-state index in [0.717, 1.165) is 25.3 Å². The van der Waals surface area contributed by atoms with Gasteiger partial charge < -0.3 is 20.0 Å².